The molecule has 1 rings (SSSR count). The van der Waals surface area contributed by atoms with Crippen molar-refractivity contribution in [3.05, 3.63) is 30.3 Å². The second-order valence-electron chi connectivity index (χ2n) is 7.61. The van der Waals surface area contributed by atoms with Crippen molar-refractivity contribution in [2.45, 2.75) is 44.4 Å². The first-order valence-corrected chi connectivity index (χ1v) is 11.5. The number of carbonyl (C=O) groups is 4. The third kappa shape index (κ3) is 9.27. The van der Waals surface area contributed by atoms with Crippen molar-refractivity contribution in [2.75, 3.05) is 26.5 Å². The number of hydrogen-bond donors (Lipinski definition) is 2. The van der Waals surface area contributed by atoms with E-state index in [0.29, 0.717) is 23.0 Å². The number of urea groups is 2. The zero-order valence-corrected chi connectivity index (χ0v) is 19.9. The Kier molecular flexibility index (Phi) is 12.4. The molecule has 0 saturated heterocycles. The van der Waals surface area contributed by atoms with Gasteiger partial charge in [0.1, 0.15) is 0 Å². The minimum atomic E-state index is -1.15. The van der Waals surface area contributed by atoms with E-state index in [0.717, 1.165) is 11.3 Å². The number of carbonyl (C=O) groups excluding carboxylic acids is 4. The number of nitrogens with zero attached hydrogens (tertiary/aromatic N) is 2. The number of methoxy groups -OCH3 is 1. The second kappa shape index (κ2) is 14.5. The molecule has 32 heavy (non-hydrogen) atoms. The summed E-state index contributed by atoms with van der Waals surface area (Å²) in [6.07, 6.45) is 1.35. The van der Waals surface area contributed by atoms with Crippen molar-refractivity contribution in [3.63, 3.8) is 0 Å². The largest absolute Gasteiger partial charge is 0.469 e. The maximum Gasteiger partial charge on any atom is 0.359 e. The minimum Gasteiger partial charge on any atom is -0.469 e. The lowest BCUT2D eigenvalue weighted by Crippen LogP contribution is -2.52. The fourth-order valence-corrected chi connectivity index (χ4v) is 3.86. The molecule has 0 fully saturated rings. The molecule has 1 aromatic carbocycles. The number of imide groups is 2. The quantitative estimate of drug-likeness (QED) is 0.220. The molecule has 0 radical (unpaired) electrons. The van der Waals surface area contributed by atoms with Crippen LogP contribution in [0, 0.1) is 11.8 Å². The Morgan fingerprint density at radius 3 is 2.34 bits per heavy atom. The molecule has 0 aliphatic heterocycles. The summed E-state index contributed by atoms with van der Waals surface area (Å²) in [5.41, 5.74) is 0. The standard InChI is InChI=1S/C22H33N3O6S/c1-16(2)12-13-17(15-32-18-9-6-5-7-10-18)20(27)25(30)22(29)24(21(28)23-3)14-8-11-19(26)31-4/h5-7,9-10,16-17,30H,8,11-15H2,1-4H3,(H,23,28)/t17-/m1/s1. The monoisotopic (exact) mass is 467 g/mol. The van der Waals surface area contributed by atoms with Gasteiger partial charge >= 0.3 is 18.0 Å². The maximum absolute atomic E-state index is 13.0. The number of hydroxylamine groups is 2. The molecule has 5 amide bonds. The van der Waals surface area contributed by atoms with Gasteiger partial charge in [-0.3, -0.25) is 14.8 Å². The number of esters is 1. The average Bonchev–Trinajstić information content (AvgIpc) is 2.80. The zero-order valence-electron chi connectivity index (χ0n) is 19.1. The summed E-state index contributed by atoms with van der Waals surface area (Å²) in [6.45, 7) is 3.90. The van der Waals surface area contributed by atoms with E-state index >= 15 is 0 Å². The summed E-state index contributed by atoms with van der Waals surface area (Å²) in [4.78, 5) is 50.8. The van der Waals surface area contributed by atoms with E-state index < -0.39 is 29.9 Å². The molecule has 0 saturated carbocycles. The number of benzene rings is 1. The lowest BCUT2D eigenvalue weighted by molar-refractivity contribution is -0.158. The zero-order chi connectivity index (χ0) is 24.1. The SMILES string of the molecule is CNC(=O)N(CCCC(=O)OC)C(=O)N(O)C(=O)[C@H](CCC(C)C)CSc1ccccc1. The molecule has 0 unspecified atom stereocenters. The van der Waals surface area contributed by atoms with Crippen molar-refractivity contribution >= 4 is 35.7 Å². The van der Waals surface area contributed by atoms with Crippen molar-refractivity contribution in [1.82, 2.24) is 15.3 Å². The maximum atomic E-state index is 13.0. The number of thioether (sulfide) groups is 1. The number of amides is 5. The van der Waals surface area contributed by atoms with Gasteiger partial charge in [-0.05, 0) is 30.9 Å². The molecule has 0 spiro atoms. The van der Waals surface area contributed by atoms with E-state index in [1.54, 1.807) is 0 Å². The second-order valence-corrected chi connectivity index (χ2v) is 8.70. The Hall–Kier alpha value is -2.59. The number of nitrogens with one attached hydrogen (secondary N) is 1. The van der Waals surface area contributed by atoms with Gasteiger partial charge in [0.2, 0.25) is 0 Å². The Morgan fingerprint density at radius 2 is 1.78 bits per heavy atom. The van der Waals surface area contributed by atoms with Crippen LogP contribution in [0.3, 0.4) is 0 Å². The summed E-state index contributed by atoms with van der Waals surface area (Å²) in [5, 5.41) is 12.7. The van der Waals surface area contributed by atoms with Gasteiger partial charge < -0.3 is 10.1 Å². The van der Waals surface area contributed by atoms with E-state index in [1.807, 2.05) is 44.2 Å². The molecule has 1 aromatic rings. The molecule has 0 aliphatic carbocycles. The van der Waals surface area contributed by atoms with Crippen LogP contribution in [0.4, 0.5) is 9.59 Å². The highest BCUT2D eigenvalue weighted by molar-refractivity contribution is 7.99. The van der Waals surface area contributed by atoms with Crippen molar-refractivity contribution < 1.29 is 29.1 Å². The summed E-state index contributed by atoms with van der Waals surface area (Å²) >= 11 is 1.46. The molecule has 0 heterocycles. The normalized spacial score (nSPS) is 11.6. The van der Waals surface area contributed by atoms with Crippen LogP contribution in [0.2, 0.25) is 0 Å². The van der Waals surface area contributed by atoms with Crippen LogP contribution in [0.5, 0.6) is 0 Å². The summed E-state index contributed by atoms with van der Waals surface area (Å²) in [7, 11) is 2.57. The van der Waals surface area contributed by atoms with Gasteiger partial charge in [0.05, 0.1) is 13.0 Å². The van der Waals surface area contributed by atoms with E-state index in [2.05, 4.69) is 10.1 Å². The third-order valence-electron chi connectivity index (χ3n) is 4.71. The van der Waals surface area contributed by atoms with Crippen LogP contribution >= 0.6 is 11.8 Å². The molecule has 10 heteroatoms. The molecule has 1 atom stereocenters. The highest BCUT2D eigenvalue weighted by atomic mass is 32.2. The Labute approximate surface area is 193 Å². The summed E-state index contributed by atoms with van der Waals surface area (Å²) in [6, 6.07) is 7.58. The number of ether oxygens (including phenoxy) is 1. The molecule has 0 aromatic heterocycles. The summed E-state index contributed by atoms with van der Waals surface area (Å²) in [5.74, 6) is -1.14. The smallest absolute Gasteiger partial charge is 0.359 e. The highest BCUT2D eigenvalue weighted by Gasteiger charge is 2.33. The van der Waals surface area contributed by atoms with Crippen LogP contribution in [0.15, 0.2) is 35.2 Å². The molecule has 0 aliphatic rings. The first kappa shape index (κ1) is 27.4. The van der Waals surface area contributed by atoms with Crippen molar-refractivity contribution in [3.8, 4) is 0 Å². The average molecular weight is 468 g/mol. The predicted molar refractivity (Wildman–Crippen MR) is 121 cm³/mol. The van der Waals surface area contributed by atoms with Crippen LogP contribution < -0.4 is 5.32 Å². The number of hydrogen-bond acceptors (Lipinski definition) is 7. The van der Waals surface area contributed by atoms with E-state index in [9.17, 15) is 24.4 Å². The van der Waals surface area contributed by atoms with Crippen LogP contribution in [0.25, 0.3) is 0 Å². The highest BCUT2D eigenvalue weighted by Crippen LogP contribution is 2.25. The van der Waals surface area contributed by atoms with Gasteiger partial charge in [0, 0.05) is 30.7 Å². The molecular weight excluding hydrogens is 434 g/mol. The van der Waals surface area contributed by atoms with Crippen LogP contribution in [0.1, 0.15) is 39.5 Å². The lowest BCUT2D eigenvalue weighted by atomic mass is 9.98. The third-order valence-corrected chi connectivity index (χ3v) is 5.88. The van der Waals surface area contributed by atoms with E-state index in [1.165, 1.54) is 25.9 Å². The predicted octanol–water partition coefficient (Wildman–Crippen LogP) is 3.76. The van der Waals surface area contributed by atoms with Gasteiger partial charge in [-0.2, -0.15) is 0 Å². The van der Waals surface area contributed by atoms with Gasteiger partial charge in [0.15, 0.2) is 0 Å². The Balaban J connectivity index is 2.89. The Bertz CT molecular complexity index is 759. The van der Waals surface area contributed by atoms with Crippen molar-refractivity contribution in [1.29, 1.82) is 0 Å². The molecule has 9 nitrogen and oxygen atoms in total. The minimum absolute atomic E-state index is 0.0125. The molecule has 2 N–H and O–H groups in total. The molecule has 178 valence electrons. The van der Waals surface area contributed by atoms with E-state index in [4.69, 9.17) is 0 Å². The Morgan fingerprint density at radius 1 is 1.12 bits per heavy atom. The topological polar surface area (TPSA) is 116 Å². The molecular formula is C22H33N3O6S. The fourth-order valence-electron chi connectivity index (χ4n) is 2.81. The van der Waals surface area contributed by atoms with Gasteiger partial charge in [0.25, 0.3) is 5.91 Å². The van der Waals surface area contributed by atoms with E-state index in [-0.39, 0.29) is 24.4 Å². The van der Waals surface area contributed by atoms with Gasteiger partial charge in [-0.1, -0.05) is 38.5 Å². The lowest BCUT2D eigenvalue weighted by Gasteiger charge is -2.26. The first-order valence-electron chi connectivity index (χ1n) is 10.5. The molecule has 0 bridgehead atoms. The van der Waals surface area contributed by atoms with Crippen molar-refractivity contribution in [2.24, 2.45) is 11.8 Å². The van der Waals surface area contributed by atoms with Crippen LogP contribution in [-0.2, 0) is 14.3 Å². The first-order chi connectivity index (χ1) is 15.2. The van der Waals surface area contributed by atoms with Gasteiger partial charge in [-0.25, -0.2) is 14.5 Å². The fraction of sp³-hybridized carbons (Fsp3) is 0.545. The number of rotatable bonds is 11. The van der Waals surface area contributed by atoms with Crippen LogP contribution in [-0.4, -0.2) is 65.6 Å². The summed E-state index contributed by atoms with van der Waals surface area (Å²) < 4.78 is 4.55. The van der Waals surface area contributed by atoms with Gasteiger partial charge in [-0.15, -0.1) is 16.8 Å².